The summed E-state index contributed by atoms with van der Waals surface area (Å²) in [5.41, 5.74) is 1.63. The maximum Gasteiger partial charge on any atom is 0.342 e. The van der Waals surface area contributed by atoms with Crippen molar-refractivity contribution < 1.29 is 23.1 Å². The molecule has 1 saturated carbocycles. The first kappa shape index (κ1) is 28.0. The van der Waals surface area contributed by atoms with Crippen molar-refractivity contribution in [3.8, 4) is 5.75 Å². The second-order valence-electron chi connectivity index (χ2n) is 11.5. The number of methoxy groups -OCH3 is 1. The Hall–Kier alpha value is -3.54. The molecule has 3 aliphatic rings. The lowest BCUT2D eigenvalue weighted by molar-refractivity contribution is -0.140. The largest absolute Gasteiger partial charge is 0.495 e. The van der Waals surface area contributed by atoms with Crippen molar-refractivity contribution in [2.45, 2.75) is 51.5 Å². The van der Waals surface area contributed by atoms with Crippen molar-refractivity contribution >= 4 is 35.0 Å². The van der Waals surface area contributed by atoms with E-state index in [0.29, 0.717) is 34.9 Å². The molecule has 1 saturated heterocycles. The van der Waals surface area contributed by atoms with E-state index < -0.39 is 18.4 Å². The molecule has 2 fully saturated rings. The van der Waals surface area contributed by atoms with Crippen molar-refractivity contribution in [3.63, 3.8) is 0 Å². The second kappa shape index (κ2) is 10.8. The summed E-state index contributed by atoms with van der Waals surface area (Å²) < 4.78 is 34.7. The molecule has 40 heavy (non-hydrogen) atoms. The quantitative estimate of drug-likeness (QED) is 0.474. The van der Waals surface area contributed by atoms with Gasteiger partial charge < -0.3 is 30.5 Å². The molecule has 10 nitrogen and oxygen atoms in total. The third-order valence-electron chi connectivity index (χ3n) is 8.36. The van der Waals surface area contributed by atoms with Gasteiger partial charge in [-0.3, -0.25) is 9.59 Å². The van der Waals surface area contributed by atoms with Gasteiger partial charge in [-0.1, -0.05) is 0 Å². The average Bonchev–Trinajstić information content (AvgIpc) is 2.99. The Balaban J connectivity index is 1.28. The Morgan fingerprint density at radius 1 is 1.25 bits per heavy atom. The molecule has 12 heteroatoms. The minimum atomic E-state index is -3.57. The van der Waals surface area contributed by atoms with Gasteiger partial charge in [0, 0.05) is 25.2 Å². The van der Waals surface area contributed by atoms with Gasteiger partial charge in [-0.2, -0.15) is 13.8 Å². The smallest absolute Gasteiger partial charge is 0.342 e. The molecule has 1 spiro atoms. The van der Waals surface area contributed by atoms with Crippen molar-refractivity contribution in [3.05, 3.63) is 30.0 Å². The molecule has 2 amide bonds. The van der Waals surface area contributed by atoms with Crippen molar-refractivity contribution in [2.24, 2.45) is 11.3 Å². The molecule has 3 heterocycles. The minimum absolute atomic E-state index is 0.141. The lowest BCUT2D eigenvalue weighted by atomic mass is 9.58. The molecule has 0 radical (unpaired) electrons. The lowest BCUT2D eigenvalue weighted by Crippen LogP contribution is -2.48. The first-order valence-electron chi connectivity index (χ1n) is 13.8. The predicted molar refractivity (Wildman–Crippen MR) is 149 cm³/mol. The Bertz CT molecular complexity index is 1270. The van der Waals surface area contributed by atoms with Crippen molar-refractivity contribution in [2.75, 3.05) is 55.5 Å². The van der Waals surface area contributed by atoms with E-state index in [-0.39, 0.29) is 29.4 Å². The maximum atomic E-state index is 14.6. The summed E-state index contributed by atoms with van der Waals surface area (Å²) >= 11 is 0. The standard InChI is InChI=1S/C28H37F2N7O3/c1-17(2)37-16-28(29,30)25(39)36(3)21-15-33-26(35-23(21)37)34-20-6-5-19(11-22(20)40-4)24(38)32-14-18-12-27(13-18)7-9-31-10-8-27/h5-6,11,15,17-18,31H,7-10,12-14,16H2,1-4H3,(H,32,38)(H,33,34,35). The van der Waals surface area contributed by atoms with E-state index in [1.54, 1.807) is 32.0 Å². The number of piperidine rings is 1. The van der Waals surface area contributed by atoms with Gasteiger partial charge >= 0.3 is 5.92 Å². The fourth-order valence-corrected chi connectivity index (χ4v) is 6.08. The number of alkyl halides is 2. The number of benzene rings is 1. The minimum Gasteiger partial charge on any atom is -0.495 e. The first-order chi connectivity index (χ1) is 19.0. The highest BCUT2D eigenvalue weighted by molar-refractivity contribution is 6.02. The number of halogens is 2. The zero-order chi connectivity index (χ0) is 28.7. The summed E-state index contributed by atoms with van der Waals surface area (Å²) in [7, 11) is 2.79. The normalized spacial score (nSPS) is 20.1. The molecule has 0 atom stereocenters. The van der Waals surface area contributed by atoms with Crippen LogP contribution in [0.4, 0.5) is 31.9 Å². The summed E-state index contributed by atoms with van der Waals surface area (Å²) in [5.74, 6) is -3.77. The van der Waals surface area contributed by atoms with Gasteiger partial charge in [-0.15, -0.1) is 0 Å². The highest BCUT2D eigenvalue weighted by atomic mass is 19.3. The fraction of sp³-hybridized carbons (Fsp3) is 0.571. The molecule has 5 rings (SSSR count). The summed E-state index contributed by atoms with van der Waals surface area (Å²) in [5, 5.41) is 9.54. The summed E-state index contributed by atoms with van der Waals surface area (Å²) in [4.78, 5) is 36.3. The molecule has 3 N–H and O–H groups in total. The van der Waals surface area contributed by atoms with E-state index in [9.17, 15) is 18.4 Å². The Morgan fingerprint density at radius 2 is 1.98 bits per heavy atom. The number of carbonyl (C=O) groups excluding carboxylic acids is 2. The molecule has 0 unspecified atom stereocenters. The van der Waals surface area contributed by atoms with Gasteiger partial charge in [0.1, 0.15) is 11.4 Å². The van der Waals surface area contributed by atoms with Crippen molar-refractivity contribution in [1.82, 2.24) is 20.6 Å². The van der Waals surface area contributed by atoms with Crippen LogP contribution in [-0.2, 0) is 4.79 Å². The van der Waals surface area contributed by atoms with Gasteiger partial charge in [0.15, 0.2) is 5.82 Å². The SMILES string of the molecule is COc1cc(C(=O)NCC2CC3(CCNCC3)C2)ccc1Nc1ncc2c(n1)N(C(C)C)CC(F)(F)C(=O)N2C. The van der Waals surface area contributed by atoms with Crippen LogP contribution in [0.1, 0.15) is 49.9 Å². The number of amides is 2. The number of hydrogen-bond donors (Lipinski definition) is 3. The Morgan fingerprint density at radius 3 is 2.65 bits per heavy atom. The zero-order valence-corrected chi connectivity index (χ0v) is 23.4. The number of nitrogens with zero attached hydrogens (tertiary/aromatic N) is 4. The Kier molecular flexibility index (Phi) is 7.56. The number of ether oxygens (including phenoxy) is 1. The van der Waals surface area contributed by atoms with Crippen LogP contribution in [0.2, 0.25) is 0 Å². The summed E-state index contributed by atoms with van der Waals surface area (Å²) in [6.07, 6.45) is 6.11. The number of anilines is 4. The van der Waals surface area contributed by atoms with Gasteiger partial charge in [0.25, 0.3) is 11.8 Å². The van der Waals surface area contributed by atoms with E-state index in [1.807, 2.05) is 0 Å². The van der Waals surface area contributed by atoms with Crippen LogP contribution >= 0.6 is 0 Å². The van der Waals surface area contributed by atoms with E-state index in [1.165, 1.54) is 38.1 Å². The van der Waals surface area contributed by atoms with E-state index in [0.717, 1.165) is 30.8 Å². The van der Waals surface area contributed by atoms with Crippen LogP contribution < -0.4 is 30.5 Å². The van der Waals surface area contributed by atoms with Gasteiger partial charge in [0.2, 0.25) is 5.95 Å². The fourth-order valence-electron chi connectivity index (χ4n) is 6.08. The molecule has 216 valence electrons. The Labute approximate surface area is 232 Å². The number of carbonyl (C=O) groups is 2. The molecule has 2 aliphatic heterocycles. The molecule has 0 bridgehead atoms. The molecular weight excluding hydrogens is 520 g/mol. The number of rotatable bonds is 7. The third kappa shape index (κ3) is 5.41. The van der Waals surface area contributed by atoms with Gasteiger partial charge in [-0.25, -0.2) is 4.98 Å². The van der Waals surface area contributed by atoms with E-state index >= 15 is 0 Å². The first-order valence-corrected chi connectivity index (χ1v) is 13.8. The second-order valence-corrected chi connectivity index (χ2v) is 11.5. The number of aromatic nitrogens is 2. The summed E-state index contributed by atoms with van der Waals surface area (Å²) in [6.45, 7) is 5.55. The average molecular weight is 558 g/mol. The predicted octanol–water partition coefficient (Wildman–Crippen LogP) is 3.56. The molecule has 1 aromatic heterocycles. The van der Waals surface area contributed by atoms with Gasteiger partial charge in [0.05, 0.1) is 25.5 Å². The number of fused-ring (bicyclic) bond motifs is 1. The monoisotopic (exact) mass is 557 g/mol. The maximum absolute atomic E-state index is 14.6. The number of hydrogen-bond acceptors (Lipinski definition) is 8. The number of nitrogens with one attached hydrogen (secondary N) is 3. The molecular formula is C28H37F2N7O3. The lowest BCUT2D eigenvalue weighted by Gasteiger charge is -2.50. The molecule has 2 aromatic rings. The van der Waals surface area contributed by atoms with Crippen LogP contribution in [0.25, 0.3) is 0 Å². The van der Waals surface area contributed by atoms with Crippen LogP contribution in [0, 0.1) is 11.3 Å². The van der Waals surface area contributed by atoms with Gasteiger partial charge in [-0.05, 0) is 82.2 Å². The van der Waals surface area contributed by atoms with Crippen LogP contribution in [0.3, 0.4) is 0 Å². The van der Waals surface area contributed by atoms with E-state index in [2.05, 4.69) is 25.9 Å². The van der Waals surface area contributed by atoms with Crippen LogP contribution in [0.5, 0.6) is 5.75 Å². The highest BCUT2D eigenvalue weighted by Crippen LogP contribution is 2.51. The van der Waals surface area contributed by atoms with Crippen LogP contribution in [0.15, 0.2) is 24.4 Å². The molecule has 1 aliphatic carbocycles. The molecule has 1 aromatic carbocycles. The van der Waals surface area contributed by atoms with Crippen molar-refractivity contribution in [1.29, 1.82) is 0 Å². The summed E-state index contributed by atoms with van der Waals surface area (Å²) in [6, 6.07) is 4.68. The topological polar surface area (TPSA) is 112 Å². The highest BCUT2D eigenvalue weighted by Gasteiger charge is 2.48. The van der Waals surface area contributed by atoms with Crippen LogP contribution in [-0.4, -0.2) is 74.1 Å². The van der Waals surface area contributed by atoms with E-state index in [4.69, 9.17) is 4.74 Å². The zero-order valence-electron chi connectivity index (χ0n) is 23.4. The third-order valence-corrected chi connectivity index (χ3v) is 8.36.